The average Bonchev–Trinajstić information content (AvgIpc) is 3.20. The summed E-state index contributed by atoms with van der Waals surface area (Å²) >= 11 is 0. The number of benzene rings is 2. The molecule has 1 unspecified atom stereocenters. The zero-order chi connectivity index (χ0) is 21.7. The third-order valence-corrected chi connectivity index (χ3v) is 4.86. The van der Waals surface area contributed by atoms with E-state index in [1.807, 2.05) is 68.7 Å². The number of nitrogens with one attached hydrogen (secondary N) is 2. The van der Waals surface area contributed by atoms with Crippen molar-refractivity contribution in [1.29, 1.82) is 0 Å². The third-order valence-electron chi connectivity index (χ3n) is 4.86. The monoisotopic (exact) mass is 405 g/mol. The van der Waals surface area contributed by atoms with Gasteiger partial charge in [-0.05, 0) is 44.0 Å². The standard InChI is InChI=1S/C23H27N5O2/c1-5-28-14-24-27-21(28)17-9-7-11-19(13-17)25-23(30)20(15(2)3)26-22(29)18-10-6-8-16(4)12-18/h6-15,20H,5H2,1-4H3,(H,25,30)(H,26,29). The molecule has 2 aromatic carbocycles. The number of aryl methyl sites for hydroxylation is 2. The topological polar surface area (TPSA) is 88.9 Å². The van der Waals surface area contributed by atoms with Gasteiger partial charge < -0.3 is 15.2 Å². The van der Waals surface area contributed by atoms with Gasteiger partial charge in [0.05, 0.1) is 0 Å². The summed E-state index contributed by atoms with van der Waals surface area (Å²) in [5.41, 5.74) is 3.02. The van der Waals surface area contributed by atoms with Crippen molar-refractivity contribution in [2.45, 2.75) is 40.3 Å². The molecule has 0 saturated heterocycles. The van der Waals surface area contributed by atoms with Crippen LogP contribution in [0.2, 0.25) is 0 Å². The van der Waals surface area contributed by atoms with Crippen molar-refractivity contribution in [2.24, 2.45) is 5.92 Å². The molecular formula is C23H27N5O2. The second kappa shape index (κ2) is 9.35. The normalized spacial score (nSPS) is 11.9. The van der Waals surface area contributed by atoms with E-state index in [0.29, 0.717) is 11.3 Å². The van der Waals surface area contributed by atoms with Gasteiger partial charge in [-0.25, -0.2) is 0 Å². The molecule has 30 heavy (non-hydrogen) atoms. The fourth-order valence-corrected chi connectivity index (χ4v) is 3.21. The van der Waals surface area contributed by atoms with Gasteiger partial charge in [0, 0.05) is 23.4 Å². The van der Waals surface area contributed by atoms with E-state index in [-0.39, 0.29) is 17.7 Å². The molecule has 1 heterocycles. The molecule has 0 aliphatic carbocycles. The van der Waals surface area contributed by atoms with Crippen LogP contribution in [0.3, 0.4) is 0 Å². The molecule has 0 bridgehead atoms. The Morgan fingerprint density at radius 2 is 1.87 bits per heavy atom. The molecule has 2 N–H and O–H groups in total. The van der Waals surface area contributed by atoms with E-state index in [1.54, 1.807) is 18.5 Å². The van der Waals surface area contributed by atoms with Crippen LogP contribution in [0.5, 0.6) is 0 Å². The molecule has 0 aliphatic rings. The Bertz CT molecular complexity index is 1040. The fourth-order valence-electron chi connectivity index (χ4n) is 3.21. The lowest BCUT2D eigenvalue weighted by Crippen LogP contribution is -2.47. The zero-order valence-electron chi connectivity index (χ0n) is 17.7. The first-order valence-corrected chi connectivity index (χ1v) is 10.1. The molecule has 0 saturated carbocycles. The highest BCUT2D eigenvalue weighted by atomic mass is 16.2. The fraction of sp³-hybridized carbons (Fsp3) is 0.304. The van der Waals surface area contributed by atoms with E-state index >= 15 is 0 Å². The first kappa shape index (κ1) is 21.2. The van der Waals surface area contributed by atoms with Crippen molar-refractivity contribution in [3.8, 4) is 11.4 Å². The van der Waals surface area contributed by atoms with Gasteiger partial charge in [0.2, 0.25) is 5.91 Å². The molecule has 3 aromatic rings. The molecule has 156 valence electrons. The van der Waals surface area contributed by atoms with Crippen LogP contribution in [-0.2, 0) is 11.3 Å². The highest BCUT2D eigenvalue weighted by molar-refractivity contribution is 6.01. The summed E-state index contributed by atoms with van der Waals surface area (Å²) in [6.07, 6.45) is 1.68. The number of anilines is 1. The maximum Gasteiger partial charge on any atom is 0.251 e. The summed E-state index contributed by atoms with van der Waals surface area (Å²) in [6.45, 7) is 8.50. The minimum atomic E-state index is -0.666. The lowest BCUT2D eigenvalue weighted by molar-refractivity contribution is -0.118. The smallest absolute Gasteiger partial charge is 0.251 e. The van der Waals surface area contributed by atoms with E-state index in [9.17, 15) is 9.59 Å². The lowest BCUT2D eigenvalue weighted by Gasteiger charge is -2.22. The van der Waals surface area contributed by atoms with E-state index in [1.165, 1.54) is 0 Å². The van der Waals surface area contributed by atoms with E-state index < -0.39 is 6.04 Å². The minimum Gasteiger partial charge on any atom is -0.340 e. The Kier molecular flexibility index (Phi) is 6.61. The zero-order valence-corrected chi connectivity index (χ0v) is 17.7. The van der Waals surface area contributed by atoms with Crippen LogP contribution in [0.1, 0.15) is 36.7 Å². The first-order chi connectivity index (χ1) is 14.4. The van der Waals surface area contributed by atoms with Gasteiger partial charge >= 0.3 is 0 Å². The molecule has 3 rings (SSSR count). The second-order valence-corrected chi connectivity index (χ2v) is 7.58. The Balaban J connectivity index is 1.75. The number of amides is 2. The predicted molar refractivity (Wildman–Crippen MR) is 117 cm³/mol. The summed E-state index contributed by atoms with van der Waals surface area (Å²) in [5.74, 6) is 0.129. The lowest BCUT2D eigenvalue weighted by atomic mass is 10.0. The molecule has 0 aliphatic heterocycles. The van der Waals surface area contributed by atoms with Gasteiger partial charge in [-0.1, -0.05) is 43.7 Å². The molecule has 7 nitrogen and oxygen atoms in total. The third kappa shape index (κ3) is 4.92. The van der Waals surface area contributed by atoms with E-state index in [4.69, 9.17) is 0 Å². The van der Waals surface area contributed by atoms with Gasteiger partial charge in [-0.3, -0.25) is 9.59 Å². The van der Waals surface area contributed by atoms with Crippen LogP contribution in [0.25, 0.3) is 11.4 Å². The highest BCUT2D eigenvalue weighted by Gasteiger charge is 2.25. The highest BCUT2D eigenvalue weighted by Crippen LogP contribution is 2.21. The van der Waals surface area contributed by atoms with Gasteiger partial charge in [0.25, 0.3) is 5.91 Å². The number of carbonyl (C=O) groups is 2. The molecule has 0 fully saturated rings. The van der Waals surface area contributed by atoms with Gasteiger partial charge in [0.15, 0.2) is 5.82 Å². The van der Waals surface area contributed by atoms with Gasteiger partial charge in [-0.15, -0.1) is 10.2 Å². The van der Waals surface area contributed by atoms with Crippen LogP contribution in [0, 0.1) is 12.8 Å². The molecule has 1 aromatic heterocycles. The summed E-state index contributed by atoms with van der Waals surface area (Å²) in [4.78, 5) is 25.6. The van der Waals surface area contributed by atoms with Crippen molar-refractivity contribution in [3.63, 3.8) is 0 Å². The maximum absolute atomic E-state index is 12.9. The summed E-state index contributed by atoms with van der Waals surface area (Å²) < 4.78 is 1.93. The predicted octanol–water partition coefficient (Wildman–Crippen LogP) is 3.67. The number of carbonyl (C=O) groups excluding carboxylic acids is 2. The molecule has 2 amide bonds. The van der Waals surface area contributed by atoms with E-state index in [0.717, 1.165) is 23.5 Å². The van der Waals surface area contributed by atoms with Crippen LogP contribution in [0.4, 0.5) is 5.69 Å². The number of hydrogen-bond donors (Lipinski definition) is 2. The maximum atomic E-state index is 12.9. The molecule has 7 heteroatoms. The van der Waals surface area contributed by atoms with E-state index in [2.05, 4.69) is 20.8 Å². The summed E-state index contributed by atoms with van der Waals surface area (Å²) in [5, 5.41) is 13.9. The van der Waals surface area contributed by atoms with Crippen LogP contribution in [-0.4, -0.2) is 32.6 Å². The largest absolute Gasteiger partial charge is 0.340 e. The Labute approximate surface area is 176 Å². The summed E-state index contributed by atoms with van der Waals surface area (Å²) in [7, 11) is 0. The van der Waals surface area contributed by atoms with Crippen LogP contribution in [0.15, 0.2) is 54.9 Å². The molecule has 0 spiro atoms. The van der Waals surface area contributed by atoms with Crippen molar-refractivity contribution in [3.05, 3.63) is 66.0 Å². The molecule has 1 atom stereocenters. The minimum absolute atomic E-state index is 0.0786. The average molecular weight is 406 g/mol. The summed E-state index contributed by atoms with van der Waals surface area (Å²) in [6, 6.07) is 14.1. The Morgan fingerprint density at radius 1 is 1.10 bits per heavy atom. The number of hydrogen-bond acceptors (Lipinski definition) is 4. The first-order valence-electron chi connectivity index (χ1n) is 10.1. The van der Waals surface area contributed by atoms with Gasteiger partial charge in [0.1, 0.15) is 12.4 Å². The molecule has 0 radical (unpaired) electrons. The van der Waals surface area contributed by atoms with Crippen LogP contribution < -0.4 is 10.6 Å². The Morgan fingerprint density at radius 3 is 2.57 bits per heavy atom. The number of aromatic nitrogens is 3. The SMILES string of the molecule is CCn1cnnc1-c1cccc(NC(=O)C(NC(=O)c2cccc(C)c2)C(C)C)c1. The Hall–Kier alpha value is -3.48. The van der Waals surface area contributed by atoms with Gasteiger partial charge in [-0.2, -0.15) is 0 Å². The number of nitrogens with zero attached hydrogens (tertiary/aromatic N) is 3. The second-order valence-electron chi connectivity index (χ2n) is 7.58. The number of rotatable bonds is 7. The van der Waals surface area contributed by atoms with Crippen molar-refractivity contribution in [1.82, 2.24) is 20.1 Å². The van der Waals surface area contributed by atoms with Crippen molar-refractivity contribution in [2.75, 3.05) is 5.32 Å². The van der Waals surface area contributed by atoms with Crippen LogP contribution >= 0.6 is 0 Å². The quantitative estimate of drug-likeness (QED) is 0.628. The molecular weight excluding hydrogens is 378 g/mol. The van der Waals surface area contributed by atoms with Crippen molar-refractivity contribution >= 4 is 17.5 Å². The van der Waals surface area contributed by atoms with Crippen molar-refractivity contribution < 1.29 is 9.59 Å².